The molecule has 0 aliphatic carbocycles. The number of likely N-dealkylation sites (N-methyl/N-ethyl adjacent to an activating group) is 1. The highest BCUT2D eigenvalue weighted by Gasteiger charge is 2.20. The molecule has 0 bridgehead atoms. The van der Waals surface area contributed by atoms with E-state index in [0.29, 0.717) is 17.0 Å². The molecule has 0 saturated carbocycles. The van der Waals surface area contributed by atoms with Crippen LogP contribution in [0.25, 0.3) is 0 Å². The van der Waals surface area contributed by atoms with Gasteiger partial charge >= 0.3 is 5.97 Å². The van der Waals surface area contributed by atoms with Gasteiger partial charge in [-0.05, 0) is 36.9 Å². The lowest BCUT2D eigenvalue weighted by Gasteiger charge is -2.36. The van der Waals surface area contributed by atoms with Crippen LogP contribution in [0.2, 0.25) is 0 Å². The van der Waals surface area contributed by atoms with Crippen molar-refractivity contribution in [2.24, 2.45) is 0 Å². The van der Waals surface area contributed by atoms with Crippen molar-refractivity contribution >= 4 is 35.0 Å². The van der Waals surface area contributed by atoms with Crippen molar-refractivity contribution in [3.05, 3.63) is 54.1 Å². The molecule has 2 aromatic carbocycles. The Morgan fingerprint density at radius 2 is 1.79 bits per heavy atom. The Morgan fingerprint density at radius 1 is 1.07 bits per heavy atom. The Balaban J connectivity index is 1.74. The number of carbonyl (C=O) groups is 2. The molecule has 1 saturated heterocycles. The van der Waals surface area contributed by atoms with E-state index in [1.807, 2.05) is 36.4 Å². The van der Waals surface area contributed by atoms with E-state index < -0.39 is 5.97 Å². The van der Waals surface area contributed by atoms with Gasteiger partial charge in [-0.3, -0.25) is 4.79 Å². The molecule has 0 atom stereocenters. The number of nitrogens with one attached hydrogen (secondary N) is 1. The molecule has 3 rings (SSSR count). The summed E-state index contributed by atoms with van der Waals surface area (Å²) in [5, 5.41) is 3.00. The van der Waals surface area contributed by atoms with Crippen LogP contribution in [-0.2, 0) is 9.53 Å². The molecule has 6 nitrogen and oxygen atoms in total. The zero-order chi connectivity index (χ0) is 20.6. The average molecular weight is 414 g/mol. The third-order valence-electron chi connectivity index (χ3n) is 4.97. The van der Waals surface area contributed by atoms with E-state index >= 15 is 0 Å². The van der Waals surface area contributed by atoms with Crippen molar-refractivity contribution in [2.45, 2.75) is 11.8 Å². The number of rotatable bonds is 7. The van der Waals surface area contributed by atoms with Crippen LogP contribution in [0.3, 0.4) is 0 Å². The summed E-state index contributed by atoms with van der Waals surface area (Å²) in [5.41, 5.74) is 2.01. The third kappa shape index (κ3) is 5.74. The van der Waals surface area contributed by atoms with Crippen LogP contribution < -0.4 is 10.2 Å². The first-order valence-corrected chi connectivity index (χ1v) is 10.8. The van der Waals surface area contributed by atoms with E-state index in [0.717, 1.165) is 43.3 Å². The van der Waals surface area contributed by atoms with Crippen LogP contribution in [-0.4, -0.2) is 62.4 Å². The van der Waals surface area contributed by atoms with Gasteiger partial charge in [0.05, 0.1) is 29.8 Å². The number of benzene rings is 2. The fourth-order valence-corrected chi connectivity index (χ4v) is 4.03. The van der Waals surface area contributed by atoms with Crippen molar-refractivity contribution in [1.82, 2.24) is 4.90 Å². The highest BCUT2D eigenvalue weighted by Crippen LogP contribution is 2.29. The molecule has 1 fully saturated rings. The molecule has 1 aliphatic rings. The lowest BCUT2D eigenvalue weighted by molar-refractivity contribution is -0.113. The van der Waals surface area contributed by atoms with E-state index in [9.17, 15) is 9.59 Å². The zero-order valence-corrected chi connectivity index (χ0v) is 17.7. The van der Waals surface area contributed by atoms with Crippen LogP contribution in [0.15, 0.2) is 53.4 Å². The summed E-state index contributed by atoms with van der Waals surface area (Å²) < 4.78 is 4.84. The van der Waals surface area contributed by atoms with Crippen LogP contribution in [0.5, 0.6) is 0 Å². The first-order valence-electron chi connectivity index (χ1n) is 9.78. The molecule has 154 valence electrons. The van der Waals surface area contributed by atoms with Crippen LogP contribution in [0.1, 0.15) is 17.3 Å². The van der Waals surface area contributed by atoms with Gasteiger partial charge in [-0.1, -0.05) is 25.1 Å². The van der Waals surface area contributed by atoms with E-state index in [-0.39, 0.29) is 5.91 Å². The second kappa shape index (κ2) is 10.3. The molecule has 1 N–H and O–H groups in total. The normalized spacial score (nSPS) is 14.5. The molecule has 2 aromatic rings. The maximum atomic E-state index is 12.6. The zero-order valence-electron chi connectivity index (χ0n) is 16.9. The largest absolute Gasteiger partial charge is 0.465 e. The van der Waals surface area contributed by atoms with Crippen LogP contribution in [0.4, 0.5) is 11.4 Å². The van der Waals surface area contributed by atoms with Gasteiger partial charge in [0, 0.05) is 31.1 Å². The Bertz CT molecular complexity index is 836. The Kier molecular flexibility index (Phi) is 7.55. The molecule has 0 aromatic heterocycles. The first-order chi connectivity index (χ1) is 14.1. The number of carbonyl (C=O) groups excluding carboxylic acids is 2. The summed E-state index contributed by atoms with van der Waals surface area (Å²) in [6.07, 6.45) is 0. The smallest absolute Gasteiger partial charge is 0.337 e. The minimum absolute atomic E-state index is 0.102. The van der Waals surface area contributed by atoms with Gasteiger partial charge in [-0.25, -0.2) is 4.79 Å². The standard InChI is InChI=1S/C22H27N3O3S/c1-3-24-11-13-25(14-12-24)20-10-9-17(22(27)28-2)15-19(20)23-21(26)16-29-18-7-5-4-6-8-18/h4-10,15H,3,11-14,16H2,1-2H3,(H,23,26). The second-order valence-corrected chi connectivity index (χ2v) is 7.84. The van der Waals surface area contributed by atoms with Crippen molar-refractivity contribution in [1.29, 1.82) is 0 Å². The molecule has 1 amide bonds. The molecule has 1 heterocycles. The highest BCUT2D eigenvalue weighted by atomic mass is 32.2. The summed E-state index contributed by atoms with van der Waals surface area (Å²) >= 11 is 1.48. The van der Waals surface area contributed by atoms with Crippen molar-refractivity contribution in [3.63, 3.8) is 0 Å². The minimum Gasteiger partial charge on any atom is -0.465 e. The fourth-order valence-electron chi connectivity index (χ4n) is 3.31. The van der Waals surface area contributed by atoms with Gasteiger partial charge in [-0.2, -0.15) is 0 Å². The van der Waals surface area contributed by atoms with Crippen molar-refractivity contribution in [3.8, 4) is 0 Å². The number of methoxy groups -OCH3 is 1. The number of hydrogen-bond acceptors (Lipinski definition) is 6. The van der Waals surface area contributed by atoms with Crippen LogP contribution in [0, 0.1) is 0 Å². The predicted molar refractivity (Wildman–Crippen MR) is 118 cm³/mol. The SMILES string of the molecule is CCN1CCN(c2ccc(C(=O)OC)cc2NC(=O)CSc2ccccc2)CC1. The van der Waals surface area contributed by atoms with Gasteiger partial charge in [0.1, 0.15) is 0 Å². The third-order valence-corrected chi connectivity index (χ3v) is 5.98. The van der Waals surface area contributed by atoms with Gasteiger partial charge in [0.15, 0.2) is 0 Å². The molecular formula is C22H27N3O3S. The summed E-state index contributed by atoms with van der Waals surface area (Å²) in [5.74, 6) is -0.217. The highest BCUT2D eigenvalue weighted by molar-refractivity contribution is 8.00. The molecule has 1 aliphatic heterocycles. The molecule has 0 radical (unpaired) electrons. The number of nitrogens with zero attached hydrogens (tertiary/aromatic N) is 2. The minimum atomic E-state index is -0.415. The quantitative estimate of drug-likeness (QED) is 0.555. The molecule has 29 heavy (non-hydrogen) atoms. The number of hydrogen-bond donors (Lipinski definition) is 1. The summed E-state index contributed by atoms with van der Waals surface area (Å²) in [6.45, 7) is 6.92. The van der Waals surface area contributed by atoms with Gasteiger partial charge < -0.3 is 19.9 Å². The molecular weight excluding hydrogens is 386 g/mol. The number of esters is 1. The van der Waals surface area contributed by atoms with Gasteiger partial charge in [0.25, 0.3) is 0 Å². The van der Waals surface area contributed by atoms with Crippen molar-refractivity contribution < 1.29 is 14.3 Å². The van der Waals surface area contributed by atoms with E-state index in [4.69, 9.17) is 4.74 Å². The number of thioether (sulfide) groups is 1. The summed E-state index contributed by atoms with van der Waals surface area (Å²) in [7, 11) is 1.36. The molecule has 0 unspecified atom stereocenters. The number of ether oxygens (including phenoxy) is 1. The number of amides is 1. The van der Waals surface area contributed by atoms with Gasteiger partial charge in [0.2, 0.25) is 5.91 Å². The molecule has 7 heteroatoms. The maximum Gasteiger partial charge on any atom is 0.337 e. The van der Waals surface area contributed by atoms with E-state index in [2.05, 4.69) is 22.0 Å². The fraction of sp³-hybridized carbons (Fsp3) is 0.364. The Morgan fingerprint density at radius 3 is 2.45 bits per heavy atom. The Hall–Kier alpha value is -2.51. The summed E-state index contributed by atoms with van der Waals surface area (Å²) in [4.78, 5) is 30.3. The summed E-state index contributed by atoms with van der Waals surface area (Å²) in [6, 6.07) is 15.2. The van der Waals surface area contributed by atoms with E-state index in [1.165, 1.54) is 18.9 Å². The molecule has 0 spiro atoms. The van der Waals surface area contributed by atoms with Crippen molar-refractivity contribution in [2.75, 3.05) is 55.8 Å². The second-order valence-electron chi connectivity index (χ2n) is 6.79. The monoisotopic (exact) mass is 413 g/mol. The number of piperazine rings is 1. The average Bonchev–Trinajstić information content (AvgIpc) is 2.78. The van der Waals surface area contributed by atoms with E-state index in [1.54, 1.807) is 12.1 Å². The first kappa shape index (κ1) is 21.2. The number of anilines is 2. The van der Waals surface area contributed by atoms with Crippen LogP contribution >= 0.6 is 11.8 Å². The Labute approximate surface area is 176 Å². The lowest BCUT2D eigenvalue weighted by Crippen LogP contribution is -2.46. The predicted octanol–water partition coefficient (Wildman–Crippen LogP) is 3.35. The maximum absolute atomic E-state index is 12.6. The lowest BCUT2D eigenvalue weighted by atomic mass is 10.1. The topological polar surface area (TPSA) is 61.9 Å². The van der Waals surface area contributed by atoms with Gasteiger partial charge in [-0.15, -0.1) is 11.8 Å².